The maximum Gasteiger partial charge on any atom is 0.485 e. The lowest BCUT2D eigenvalue weighted by atomic mass is 10.3. The van der Waals surface area contributed by atoms with Crippen molar-refractivity contribution in [3.63, 3.8) is 0 Å². The predicted octanol–water partition coefficient (Wildman–Crippen LogP) is 1.49. The van der Waals surface area contributed by atoms with Gasteiger partial charge in [0.15, 0.2) is 0 Å². The van der Waals surface area contributed by atoms with Crippen LogP contribution in [0.25, 0.3) is 0 Å². The van der Waals surface area contributed by atoms with Crippen molar-refractivity contribution in [2.24, 2.45) is 0 Å². The smallest absolute Gasteiger partial charge is 0.485 e. The van der Waals surface area contributed by atoms with Crippen LogP contribution >= 0.6 is 7.92 Å². The molecular weight excluding hydrogens is 199 g/mol. The highest BCUT2D eigenvalue weighted by atomic mass is 31.1. The van der Waals surface area contributed by atoms with E-state index in [9.17, 15) is 0 Å². The van der Waals surface area contributed by atoms with Crippen molar-refractivity contribution < 1.29 is 14.6 Å². The fourth-order valence-electron chi connectivity index (χ4n) is 1.14. The van der Waals surface area contributed by atoms with Gasteiger partial charge in [0.1, 0.15) is 11.9 Å². The largest absolute Gasteiger partial charge is 0.497 e. The summed E-state index contributed by atoms with van der Waals surface area (Å²) in [5.74, 6) is 0.323. The molecular formula is C10H14O3P+. The van der Waals surface area contributed by atoms with E-state index in [-0.39, 0.29) is 0 Å². The minimum absolute atomic E-state index is 0.335. The molecule has 1 aromatic rings. The summed E-state index contributed by atoms with van der Waals surface area (Å²) in [6.45, 7) is 2.00. The normalized spacial score (nSPS) is 12.1. The van der Waals surface area contributed by atoms with Gasteiger partial charge < -0.3 is 14.6 Å². The number of methoxy groups -OCH3 is 1. The molecule has 1 atom stereocenters. The third-order valence-electron chi connectivity index (χ3n) is 1.89. The highest BCUT2D eigenvalue weighted by molar-refractivity contribution is 7.65. The van der Waals surface area contributed by atoms with Crippen LogP contribution in [-0.4, -0.2) is 35.8 Å². The van der Waals surface area contributed by atoms with Gasteiger partial charge in [-0.25, -0.2) is 0 Å². The summed E-state index contributed by atoms with van der Waals surface area (Å²) >= 11 is 0. The van der Waals surface area contributed by atoms with Crippen LogP contribution in [0.5, 0.6) is 5.75 Å². The van der Waals surface area contributed by atoms with Crippen LogP contribution in [0.3, 0.4) is 0 Å². The third kappa shape index (κ3) is 3.00. The van der Waals surface area contributed by atoms with E-state index in [1.54, 1.807) is 7.11 Å². The number of aliphatic hydroxyl groups excluding tert-OH is 1. The quantitative estimate of drug-likeness (QED) is 0.608. The van der Waals surface area contributed by atoms with Gasteiger partial charge in [-0.2, -0.15) is 0 Å². The highest BCUT2D eigenvalue weighted by Gasteiger charge is 2.13. The summed E-state index contributed by atoms with van der Waals surface area (Å²) in [6, 6.07) is 7.66. The zero-order valence-corrected chi connectivity index (χ0v) is 9.16. The molecule has 14 heavy (non-hydrogen) atoms. The molecule has 0 aromatic heterocycles. The molecule has 0 saturated carbocycles. The topological polar surface area (TPSA) is 50.9 Å². The van der Waals surface area contributed by atoms with Crippen molar-refractivity contribution in [2.45, 2.75) is 0 Å². The Morgan fingerprint density at radius 3 is 2.43 bits per heavy atom. The summed E-state index contributed by atoms with van der Waals surface area (Å²) in [6.07, 6.45) is 0.335. The van der Waals surface area contributed by atoms with Crippen LogP contribution in [-0.2, 0) is 0 Å². The highest BCUT2D eigenvalue weighted by Crippen LogP contribution is 2.29. The minimum Gasteiger partial charge on any atom is -0.497 e. The number of carboxylic acids is 1. The zero-order chi connectivity index (χ0) is 10.6. The lowest BCUT2D eigenvalue weighted by molar-refractivity contribution is 0.415. The lowest BCUT2D eigenvalue weighted by Gasteiger charge is -2.08. The standard InChI is InChI=1S/C10H13O3P/c1-13-8-3-5-9(6-4-8)14(2)7-10(11)12/h3-6H,7H2,1-2H3,(H,11,12)/p+1. The Kier molecular flexibility index (Phi) is 3.90. The van der Waals surface area contributed by atoms with E-state index in [2.05, 4.69) is 0 Å². The van der Waals surface area contributed by atoms with Gasteiger partial charge in [0, 0.05) is 0 Å². The lowest BCUT2D eigenvalue weighted by Crippen LogP contribution is -2.09. The molecule has 0 aliphatic carbocycles. The number of ether oxygens (including phenoxy) is 1. The molecule has 0 bridgehead atoms. The molecule has 0 heterocycles. The van der Waals surface area contributed by atoms with Gasteiger partial charge in [-0.15, -0.1) is 0 Å². The number of hydrogen-bond donors (Lipinski definition) is 1. The maximum absolute atomic E-state index is 8.75. The molecule has 0 radical (unpaired) electrons. The van der Waals surface area contributed by atoms with Crippen molar-refractivity contribution in [3.05, 3.63) is 24.3 Å². The molecule has 1 rings (SSSR count). The molecule has 3 nitrogen and oxygen atoms in total. The summed E-state index contributed by atoms with van der Waals surface area (Å²) in [4.78, 5) is 8.75. The Labute approximate surface area is 84.5 Å². The number of carboxylic acid groups (broad SMARTS) is 1. The van der Waals surface area contributed by atoms with Crippen molar-refractivity contribution in [2.75, 3.05) is 19.9 Å². The van der Waals surface area contributed by atoms with Crippen molar-refractivity contribution in [1.29, 1.82) is 0 Å². The second-order valence-electron chi connectivity index (χ2n) is 2.97. The van der Waals surface area contributed by atoms with Crippen LogP contribution in [0.2, 0.25) is 0 Å². The molecule has 76 valence electrons. The van der Waals surface area contributed by atoms with E-state index in [0.29, 0.717) is 6.16 Å². The van der Waals surface area contributed by atoms with E-state index in [4.69, 9.17) is 14.6 Å². The van der Waals surface area contributed by atoms with Gasteiger partial charge in [0.05, 0.1) is 7.11 Å². The zero-order valence-electron chi connectivity index (χ0n) is 8.27. The van der Waals surface area contributed by atoms with Gasteiger partial charge in [-0.3, -0.25) is 0 Å². The van der Waals surface area contributed by atoms with Gasteiger partial charge in [0.2, 0.25) is 0 Å². The van der Waals surface area contributed by atoms with Crippen LogP contribution in [0.1, 0.15) is 0 Å². The van der Waals surface area contributed by atoms with Crippen molar-refractivity contribution in [1.82, 2.24) is 0 Å². The summed E-state index contributed by atoms with van der Waals surface area (Å²) in [5.41, 5.74) is 0. The summed E-state index contributed by atoms with van der Waals surface area (Å²) in [5, 5.41) is 9.87. The molecule has 0 spiro atoms. The molecule has 2 N–H and O–H groups in total. The van der Waals surface area contributed by atoms with Gasteiger partial charge in [-0.1, -0.05) is 20.1 Å². The fraction of sp³-hybridized carbons (Fsp3) is 0.300. The van der Waals surface area contributed by atoms with Crippen LogP contribution < -0.4 is 10.0 Å². The second kappa shape index (κ2) is 4.97. The van der Waals surface area contributed by atoms with E-state index in [1.165, 1.54) is 0 Å². The first-order valence-corrected chi connectivity index (χ1v) is 6.20. The predicted molar refractivity (Wildman–Crippen MR) is 59.9 cm³/mol. The van der Waals surface area contributed by atoms with Crippen molar-refractivity contribution in [3.8, 4) is 5.75 Å². The minimum atomic E-state index is -0.525. The maximum atomic E-state index is 8.75. The Hall–Kier alpha value is -1.08. The summed E-state index contributed by atoms with van der Waals surface area (Å²) < 4.78 is 5.03. The monoisotopic (exact) mass is 213 g/mol. The fourth-order valence-corrected chi connectivity index (χ4v) is 2.40. The average Bonchev–Trinajstić information content (AvgIpc) is 2.17. The Balaban J connectivity index is 2.71. The first-order valence-electron chi connectivity index (χ1n) is 4.22. The molecule has 1 aromatic carbocycles. The second-order valence-corrected chi connectivity index (χ2v) is 5.20. The molecule has 0 amide bonds. The summed E-state index contributed by atoms with van der Waals surface area (Å²) in [7, 11) is 1.10. The Morgan fingerprint density at radius 1 is 1.43 bits per heavy atom. The number of aliphatic carboxylic acids is 1. The number of benzene rings is 1. The van der Waals surface area contributed by atoms with E-state index in [1.807, 2.05) is 30.9 Å². The first-order chi connectivity index (χ1) is 6.63. The number of rotatable bonds is 4. The van der Waals surface area contributed by atoms with E-state index < -0.39 is 13.9 Å². The molecule has 4 heteroatoms. The molecule has 1 unspecified atom stereocenters. The third-order valence-corrected chi connectivity index (χ3v) is 3.83. The Morgan fingerprint density at radius 2 is 2.00 bits per heavy atom. The average molecular weight is 213 g/mol. The van der Waals surface area contributed by atoms with Crippen LogP contribution in [0, 0.1) is 0 Å². The van der Waals surface area contributed by atoms with Gasteiger partial charge >= 0.3 is 5.97 Å². The SMILES string of the molecule is COc1ccc(P(C)CC(O)=[OH+])cc1. The van der Waals surface area contributed by atoms with E-state index >= 15 is 0 Å². The Bertz CT molecular complexity index is 308. The van der Waals surface area contributed by atoms with Crippen LogP contribution in [0.15, 0.2) is 24.3 Å². The van der Waals surface area contributed by atoms with Gasteiger partial charge in [-0.05, 0) is 24.1 Å². The molecule has 0 aliphatic rings. The molecule has 0 saturated heterocycles. The van der Waals surface area contributed by atoms with E-state index in [0.717, 1.165) is 11.1 Å². The number of hydrogen-bond acceptors (Lipinski definition) is 1. The van der Waals surface area contributed by atoms with Crippen molar-refractivity contribution >= 4 is 19.2 Å². The molecule has 0 aliphatic heterocycles. The molecule has 0 fully saturated rings. The van der Waals surface area contributed by atoms with Gasteiger partial charge in [0.25, 0.3) is 0 Å². The van der Waals surface area contributed by atoms with Crippen LogP contribution in [0.4, 0.5) is 0 Å². The first kappa shape index (κ1) is 11.0.